The number of nitrogens with zero attached hydrogens (tertiary/aromatic N) is 2. The number of halogens is 1. The minimum atomic E-state index is -4.10. The fourth-order valence-corrected chi connectivity index (χ4v) is 2.97. The maximum absolute atomic E-state index is 12.2. The molecule has 0 atom stereocenters. The van der Waals surface area contributed by atoms with Crippen LogP contribution in [0, 0.1) is 11.3 Å². The number of hydrogen-bond acceptors (Lipinski definition) is 5. The number of rotatable bonds is 4. The van der Waals surface area contributed by atoms with Crippen molar-refractivity contribution in [2.45, 2.75) is 4.90 Å². The summed E-state index contributed by atoms with van der Waals surface area (Å²) in [4.78, 5) is 10.4. The molecule has 1 aromatic carbocycles. The molecule has 0 spiro atoms. The summed E-state index contributed by atoms with van der Waals surface area (Å²) < 4.78 is 26.4. The van der Waals surface area contributed by atoms with Gasteiger partial charge in [0, 0.05) is 6.07 Å². The van der Waals surface area contributed by atoms with Crippen molar-refractivity contribution in [1.29, 1.82) is 5.26 Å². The second-order valence-corrected chi connectivity index (χ2v) is 5.89. The molecule has 0 radical (unpaired) electrons. The number of anilines is 1. The molecule has 0 unspecified atom stereocenters. The van der Waals surface area contributed by atoms with Crippen molar-refractivity contribution in [2.24, 2.45) is 0 Å². The van der Waals surface area contributed by atoms with Crippen LogP contribution in [0.2, 0.25) is 5.02 Å². The number of sulfonamides is 1. The van der Waals surface area contributed by atoms with Crippen molar-refractivity contribution in [3.05, 3.63) is 40.5 Å². The van der Waals surface area contributed by atoms with Gasteiger partial charge in [-0.2, -0.15) is 10.4 Å². The first kappa shape index (κ1) is 14.8. The van der Waals surface area contributed by atoms with Gasteiger partial charge in [-0.05, 0) is 18.2 Å². The summed E-state index contributed by atoms with van der Waals surface area (Å²) in [6, 6.07) is 6.57. The number of aromatic carboxylic acids is 1. The Morgan fingerprint density at radius 3 is 2.71 bits per heavy atom. The monoisotopic (exact) mass is 326 g/mol. The lowest BCUT2D eigenvalue weighted by Crippen LogP contribution is -2.14. The Morgan fingerprint density at radius 1 is 1.43 bits per heavy atom. The molecule has 0 saturated heterocycles. The van der Waals surface area contributed by atoms with Crippen LogP contribution in [0.1, 0.15) is 16.1 Å². The highest BCUT2D eigenvalue weighted by Gasteiger charge is 2.20. The zero-order valence-corrected chi connectivity index (χ0v) is 11.7. The van der Waals surface area contributed by atoms with Gasteiger partial charge >= 0.3 is 5.97 Å². The number of benzene rings is 1. The first-order valence-electron chi connectivity index (χ1n) is 5.34. The highest BCUT2D eigenvalue weighted by atomic mass is 35.5. The smallest absolute Gasteiger partial charge is 0.353 e. The van der Waals surface area contributed by atoms with Gasteiger partial charge in [0.25, 0.3) is 10.0 Å². The van der Waals surface area contributed by atoms with Gasteiger partial charge in [-0.15, -0.1) is 0 Å². The summed E-state index contributed by atoms with van der Waals surface area (Å²) in [7, 11) is -4.10. The number of carboxylic acid groups (broad SMARTS) is 1. The number of nitriles is 1. The third-order valence-corrected chi connectivity index (χ3v) is 4.23. The number of aromatic nitrogens is 2. The van der Waals surface area contributed by atoms with E-state index in [-0.39, 0.29) is 27.0 Å². The molecule has 0 aliphatic carbocycles. The number of aromatic amines is 1. The van der Waals surface area contributed by atoms with Crippen molar-refractivity contribution in [3.63, 3.8) is 0 Å². The van der Waals surface area contributed by atoms with E-state index >= 15 is 0 Å². The number of carbonyl (C=O) groups is 1. The maximum Gasteiger partial charge on any atom is 0.353 e. The molecule has 0 fully saturated rings. The summed E-state index contributed by atoms with van der Waals surface area (Å²) in [6.45, 7) is 0. The van der Waals surface area contributed by atoms with Crippen molar-refractivity contribution in [2.75, 3.05) is 4.72 Å². The molecule has 21 heavy (non-hydrogen) atoms. The molecule has 1 aromatic heterocycles. The Kier molecular flexibility index (Phi) is 3.84. The highest BCUT2D eigenvalue weighted by molar-refractivity contribution is 7.92. The molecule has 0 amide bonds. The Balaban J connectivity index is 2.38. The topological polar surface area (TPSA) is 136 Å². The number of carboxylic acids is 1. The average molecular weight is 327 g/mol. The SMILES string of the molecule is N#Cc1ccc(Cl)c(S(=O)(=O)Nc2cc(C(=O)O)[nH]n2)c1. The largest absolute Gasteiger partial charge is 0.477 e. The lowest BCUT2D eigenvalue weighted by atomic mass is 10.2. The number of nitrogens with one attached hydrogen (secondary N) is 2. The van der Waals surface area contributed by atoms with Crippen LogP contribution in [0.15, 0.2) is 29.2 Å². The molecule has 10 heteroatoms. The second kappa shape index (κ2) is 5.43. The lowest BCUT2D eigenvalue weighted by molar-refractivity contribution is 0.0690. The van der Waals surface area contributed by atoms with Crippen LogP contribution in [-0.2, 0) is 10.0 Å². The molecule has 0 saturated carbocycles. The van der Waals surface area contributed by atoms with Crippen LogP contribution >= 0.6 is 11.6 Å². The molecule has 0 bridgehead atoms. The van der Waals surface area contributed by atoms with E-state index in [0.717, 1.165) is 12.1 Å². The zero-order chi connectivity index (χ0) is 15.6. The first-order chi connectivity index (χ1) is 9.83. The summed E-state index contributed by atoms with van der Waals surface area (Å²) in [5, 5.41) is 23.1. The van der Waals surface area contributed by atoms with Crippen molar-refractivity contribution in [3.8, 4) is 6.07 Å². The standard InChI is InChI=1S/C11H7ClN4O4S/c12-7-2-1-6(5-13)3-9(7)21(19,20)16-10-4-8(11(17)18)14-15-10/h1-4H,(H,17,18)(H2,14,15,16). The predicted octanol–water partition coefficient (Wildman–Crippen LogP) is 1.43. The minimum absolute atomic E-state index is 0.0736. The molecule has 108 valence electrons. The van der Waals surface area contributed by atoms with E-state index in [1.54, 1.807) is 6.07 Å². The van der Waals surface area contributed by atoms with E-state index in [4.69, 9.17) is 22.0 Å². The van der Waals surface area contributed by atoms with Crippen LogP contribution in [0.4, 0.5) is 5.82 Å². The van der Waals surface area contributed by atoms with E-state index in [1.807, 2.05) is 0 Å². The molecule has 2 rings (SSSR count). The van der Waals surface area contributed by atoms with Crippen LogP contribution in [-0.4, -0.2) is 29.7 Å². The zero-order valence-electron chi connectivity index (χ0n) is 10.2. The molecular formula is C11H7ClN4O4S. The highest BCUT2D eigenvalue weighted by Crippen LogP contribution is 2.24. The third kappa shape index (κ3) is 3.13. The number of H-pyrrole nitrogens is 1. The summed E-state index contributed by atoms with van der Waals surface area (Å²) in [5.74, 6) is -1.48. The van der Waals surface area contributed by atoms with E-state index < -0.39 is 16.0 Å². The van der Waals surface area contributed by atoms with Crippen molar-refractivity contribution in [1.82, 2.24) is 10.2 Å². The van der Waals surface area contributed by atoms with Crippen molar-refractivity contribution < 1.29 is 18.3 Å². The van der Waals surface area contributed by atoms with E-state index in [9.17, 15) is 13.2 Å². The summed E-state index contributed by atoms with van der Waals surface area (Å²) in [6.07, 6.45) is 0. The van der Waals surface area contributed by atoms with Crippen LogP contribution in [0.5, 0.6) is 0 Å². The summed E-state index contributed by atoms with van der Waals surface area (Å²) >= 11 is 5.81. The van der Waals surface area contributed by atoms with Gasteiger partial charge in [0.05, 0.1) is 16.7 Å². The third-order valence-electron chi connectivity index (χ3n) is 2.40. The fraction of sp³-hybridized carbons (Fsp3) is 0. The van der Waals surface area contributed by atoms with E-state index in [0.29, 0.717) is 0 Å². The van der Waals surface area contributed by atoms with Gasteiger partial charge in [-0.25, -0.2) is 13.2 Å². The second-order valence-electron chi connectivity index (χ2n) is 3.83. The van der Waals surface area contributed by atoms with Crippen LogP contribution in [0.25, 0.3) is 0 Å². The lowest BCUT2D eigenvalue weighted by Gasteiger charge is -2.07. The van der Waals surface area contributed by atoms with Gasteiger partial charge in [0.15, 0.2) is 5.82 Å². The molecule has 0 aliphatic rings. The molecular weight excluding hydrogens is 320 g/mol. The predicted molar refractivity (Wildman–Crippen MR) is 72.5 cm³/mol. The average Bonchev–Trinajstić information content (AvgIpc) is 2.87. The summed E-state index contributed by atoms with van der Waals surface area (Å²) in [5.41, 5.74) is -0.155. The van der Waals surface area contributed by atoms with Crippen molar-refractivity contribution >= 4 is 33.4 Å². The fourth-order valence-electron chi connectivity index (χ4n) is 1.46. The van der Waals surface area contributed by atoms with E-state index in [1.165, 1.54) is 12.1 Å². The van der Waals surface area contributed by atoms with Crippen LogP contribution in [0.3, 0.4) is 0 Å². The molecule has 2 aromatic rings. The first-order valence-corrected chi connectivity index (χ1v) is 7.21. The Bertz CT molecular complexity index is 853. The maximum atomic E-state index is 12.2. The van der Waals surface area contributed by atoms with Gasteiger partial charge in [0.1, 0.15) is 10.6 Å². The normalized spacial score (nSPS) is 10.9. The number of hydrogen-bond donors (Lipinski definition) is 3. The van der Waals surface area contributed by atoms with Gasteiger partial charge in [-0.1, -0.05) is 11.6 Å². The molecule has 8 nitrogen and oxygen atoms in total. The molecule has 3 N–H and O–H groups in total. The molecule has 0 aliphatic heterocycles. The van der Waals surface area contributed by atoms with Gasteiger partial charge < -0.3 is 5.11 Å². The van der Waals surface area contributed by atoms with Gasteiger partial charge in [0.2, 0.25) is 0 Å². The Labute approximate surface area is 124 Å². The quantitative estimate of drug-likeness (QED) is 0.777. The minimum Gasteiger partial charge on any atom is -0.477 e. The van der Waals surface area contributed by atoms with E-state index in [2.05, 4.69) is 14.9 Å². The Hall–Kier alpha value is -2.57. The molecule has 1 heterocycles. The van der Waals surface area contributed by atoms with Crippen LogP contribution < -0.4 is 4.72 Å². The van der Waals surface area contributed by atoms with Gasteiger partial charge in [-0.3, -0.25) is 9.82 Å². The Morgan fingerprint density at radius 2 is 2.14 bits per heavy atom.